The zero-order valence-corrected chi connectivity index (χ0v) is 13.5. The van der Waals surface area contributed by atoms with E-state index in [9.17, 15) is 22.0 Å². The fourth-order valence-electron chi connectivity index (χ4n) is 2.64. The highest BCUT2D eigenvalue weighted by Gasteiger charge is 2.34. The number of pyridine rings is 1. The normalized spacial score (nSPS) is 18.1. The van der Waals surface area contributed by atoms with Crippen molar-refractivity contribution < 1.29 is 22.0 Å². The Morgan fingerprint density at radius 2 is 1.88 bits per heavy atom. The molecule has 0 radical (unpaired) electrons. The van der Waals surface area contributed by atoms with Crippen LogP contribution in [0.1, 0.15) is 23.6 Å². The van der Waals surface area contributed by atoms with Crippen LogP contribution in [0.5, 0.6) is 0 Å². The van der Waals surface area contributed by atoms with Gasteiger partial charge in [0.15, 0.2) is 5.17 Å². The van der Waals surface area contributed by atoms with Gasteiger partial charge in [-0.05, 0) is 18.6 Å². The summed E-state index contributed by atoms with van der Waals surface area (Å²) in [5, 5.41) is 0.263. The average molecular weight is 373 g/mol. The summed E-state index contributed by atoms with van der Waals surface area (Å²) in [6.45, 7) is 0. The minimum atomic E-state index is -4.69. The summed E-state index contributed by atoms with van der Waals surface area (Å²) in [7, 11) is 0. The molecule has 1 aliphatic rings. The Morgan fingerprint density at radius 1 is 1.12 bits per heavy atom. The Labute approximate surface area is 144 Å². The molecule has 3 rings (SSSR count). The van der Waals surface area contributed by atoms with Gasteiger partial charge in [0.2, 0.25) is 0 Å². The van der Waals surface area contributed by atoms with E-state index in [-0.39, 0.29) is 16.3 Å². The van der Waals surface area contributed by atoms with Crippen LogP contribution in [0.4, 0.5) is 22.0 Å². The first-order valence-electron chi connectivity index (χ1n) is 7.24. The van der Waals surface area contributed by atoms with Crippen LogP contribution >= 0.6 is 11.8 Å². The summed E-state index contributed by atoms with van der Waals surface area (Å²) >= 11 is 1.30. The van der Waals surface area contributed by atoms with Crippen LogP contribution < -0.4 is 5.73 Å². The minimum Gasteiger partial charge on any atom is -0.379 e. The van der Waals surface area contributed by atoms with Crippen LogP contribution in [0.15, 0.2) is 35.6 Å². The van der Waals surface area contributed by atoms with E-state index in [0.29, 0.717) is 18.2 Å². The van der Waals surface area contributed by atoms with Crippen LogP contribution in [0.2, 0.25) is 0 Å². The van der Waals surface area contributed by atoms with E-state index in [1.165, 1.54) is 11.8 Å². The molecule has 2 N–H and O–H groups in total. The molecule has 9 heteroatoms. The van der Waals surface area contributed by atoms with Crippen molar-refractivity contribution in [3.63, 3.8) is 0 Å². The fraction of sp³-hybridized carbons (Fsp3) is 0.250. The van der Waals surface area contributed by atoms with E-state index in [0.717, 1.165) is 24.5 Å². The van der Waals surface area contributed by atoms with Crippen molar-refractivity contribution in [1.29, 1.82) is 0 Å². The number of aromatic nitrogens is 1. The second-order valence-corrected chi connectivity index (χ2v) is 6.51. The minimum absolute atomic E-state index is 0.0108. The van der Waals surface area contributed by atoms with Crippen LogP contribution in [0.3, 0.4) is 0 Å². The van der Waals surface area contributed by atoms with Gasteiger partial charge in [-0.25, -0.2) is 8.78 Å². The van der Waals surface area contributed by atoms with Crippen molar-refractivity contribution >= 4 is 16.9 Å². The van der Waals surface area contributed by atoms with E-state index in [1.807, 2.05) is 0 Å². The van der Waals surface area contributed by atoms with E-state index in [1.54, 1.807) is 0 Å². The number of thioether (sulfide) groups is 1. The second kappa shape index (κ2) is 6.62. The maximum absolute atomic E-state index is 14.2. The fourth-order valence-corrected chi connectivity index (χ4v) is 3.39. The first-order chi connectivity index (χ1) is 11.8. The number of aliphatic imine (C=N–C) groups is 1. The Balaban J connectivity index is 2.16. The van der Waals surface area contributed by atoms with Gasteiger partial charge in [0.05, 0.1) is 11.6 Å². The Morgan fingerprint density at radius 3 is 2.56 bits per heavy atom. The maximum atomic E-state index is 14.2. The zero-order chi connectivity index (χ0) is 18.2. The molecule has 2 aromatic rings. The van der Waals surface area contributed by atoms with Gasteiger partial charge < -0.3 is 5.73 Å². The predicted molar refractivity (Wildman–Crippen MR) is 86.0 cm³/mol. The van der Waals surface area contributed by atoms with Gasteiger partial charge in [-0.15, -0.1) is 0 Å². The molecule has 25 heavy (non-hydrogen) atoms. The third-order valence-corrected chi connectivity index (χ3v) is 4.63. The molecule has 0 fully saturated rings. The molecule has 0 saturated carbocycles. The van der Waals surface area contributed by atoms with E-state index in [4.69, 9.17) is 5.73 Å². The number of hydrogen-bond donors (Lipinski definition) is 1. The van der Waals surface area contributed by atoms with Gasteiger partial charge in [-0.2, -0.15) is 13.2 Å². The number of benzene rings is 1. The van der Waals surface area contributed by atoms with Crippen molar-refractivity contribution in [2.24, 2.45) is 10.7 Å². The molecule has 3 nitrogen and oxygen atoms in total. The molecule has 2 heterocycles. The highest BCUT2D eigenvalue weighted by Crippen LogP contribution is 2.39. The molecule has 1 aromatic heterocycles. The molecule has 1 unspecified atom stereocenters. The monoisotopic (exact) mass is 373 g/mol. The number of nitrogens with zero attached hydrogens (tertiary/aromatic N) is 2. The molecule has 0 aliphatic carbocycles. The number of amidine groups is 1. The maximum Gasteiger partial charge on any atom is 0.417 e. The summed E-state index contributed by atoms with van der Waals surface area (Å²) in [5.74, 6) is -1.37. The lowest BCUT2D eigenvalue weighted by Gasteiger charge is -2.20. The van der Waals surface area contributed by atoms with E-state index < -0.39 is 35.0 Å². The van der Waals surface area contributed by atoms with Crippen molar-refractivity contribution in [3.05, 3.63) is 53.4 Å². The van der Waals surface area contributed by atoms with Gasteiger partial charge in [0.1, 0.15) is 11.6 Å². The van der Waals surface area contributed by atoms with Gasteiger partial charge in [-0.1, -0.05) is 11.8 Å². The van der Waals surface area contributed by atoms with Gasteiger partial charge >= 0.3 is 6.18 Å². The second-order valence-electron chi connectivity index (χ2n) is 5.39. The lowest BCUT2D eigenvalue weighted by Crippen LogP contribution is -2.16. The van der Waals surface area contributed by atoms with Crippen molar-refractivity contribution in [2.75, 3.05) is 5.75 Å². The Hall–Kier alpha value is -2.16. The summed E-state index contributed by atoms with van der Waals surface area (Å²) in [6.07, 6.45) is -2.36. The third kappa shape index (κ3) is 3.60. The summed E-state index contributed by atoms with van der Waals surface area (Å²) in [4.78, 5) is 7.75. The number of rotatable bonds is 2. The topological polar surface area (TPSA) is 51.3 Å². The highest BCUT2D eigenvalue weighted by atomic mass is 32.2. The standard InChI is InChI=1S/C16H12F5N3S/c17-12-6-13(18)9(14-2-4-25-15(22)24-14)5-8(12)10-7-23-3-1-11(10)16(19,20)21/h1,3,5-7,14H,2,4H2,(H2,22,24). The van der Waals surface area contributed by atoms with E-state index >= 15 is 0 Å². The van der Waals surface area contributed by atoms with Crippen molar-refractivity contribution in [2.45, 2.75) is 18.6 Å². The first kappa shape index (κ1) is 17.7. The first-order valence-corrected chi connectivity index (χ1v) is 8.22. The summed E-state index contributed by atoms with van der Waals surface area (Å²) in [6, 6.07) is 1.73. The lowest BCUT2D eigenvalue weighted by atomic mass is 9.95. The molecule has 1 atom stereocenters. The lowest BCUT2D eigenvalue weighted by molar-refractivity contribution is -0.137. The molecule has 0 bridgehead atoms. The highest BCUT2D eigenvalue weighted by molar-refractivity contribution is 8.13. The van der Waals surface area contributed by atoms with Crippen molar-refractivity contribution in [3.8, 4) is 11.1 Å². The van der Waals surface area contributed by atoms with Crippen LogP contribution in [-0.2, 0) is 6.18 Å². The third-order valence-electron chi connectivity index (χ3n) is 3.79. The molecule has 0 amide bonds. The number of halogens is 5. The molecule has 132 valence electrons. The molecule has 0 saturated heterocycles. The Kier molecular flexibility index (Phi) is 4.68. The van der Waals surface area contributed by atoms with Crippen LogP contribution in [-0.4, -0.2) is 15.9 Å². The van der Waals surface area contributed by atoms with Gasteiger partial charge in [0.25, 0.3) is 0 Å². The van der Waals surface area contributed by atoms with Gasteiger partial charge in [0, 0.05) is 40.9 Å². The van der Waals surface area contributed by atoms with E-state index in [2.05, 4.69) is 9.98 Å². The summed E-state index contributed by atoms with van der Waals surface area (Å²) < 4.78 is 68.0. The predicted octanol–water partition coefficient (Wildman–Crippen LogP) is 4.54. The number of nitrogens with two attached hydrogens (primary N) is 1. The van der Waals surface area contributed by atoms with Crippen LogP contribution in [0, 0.1) is 11.6 Å². The summed E-state index contributed by atoms with van der Waals surface area (Å²) in [5.41, 5.74) is 3.78. The Bertz CT molecular complexity index is 835. The average Bonchev–Trinajstić information content (AvgIpc) is 2.54. The molecule has 1 aliphatic heterocycles. The largest absolute Gasteiger partial charge is 0.417 e. The number of alkyl halides is 3. The number of hydrogen-bond acceptors (Lipinski definition) is 4. The smallest absolute Gasteiger partial charge is 0.379 e. The van der Waals surface area contributed by atoms with Crippen LogP contribution in [0.25, 0.3) is 11.1 Å². The molecular weight excluding hydrogens is 361 g/mol. The van der Waals surface area contributed by atoms with Gasteiger partial charge in [-0.3, -0.25) is 9.98 Å². The molecule has 0 spiro atoms. The van der Waals surface area contributed by atoms with Crippen molar-refractivity contribution in [1.82, 2.24) is 4.98 Å². The quantitative estimate of drug-likeness (QED) is 0.787. The SMILES string of the molecule is NC1=NC(c2cc(-c3cnccc3C(F)(F)F)c(F)cc2F)CCS1. The molecule has 1 aromatic carbocycles. The zero-order valence-electron chi connectivity index (χ0n) is 12.6. The molecular formula is C16H12F5N3S.